The van der Waals surface area contributed by atoms with Crippen LogP contribution in [-0.4, -0.2) is 13.1 Å². The second kappa shape index (κ2) is 6.19. The molecule has 5 heteroatoms. The van der Waals surface area contributed by atoms with E-state index in [1.54, 1.807) is 24.3 Å². The average molecular weight is 358 g/mol. The van der Waals surface area contributed by atoms with Gasteiger partial charge in [0.25, 0.3) is 0 Å². The molecule has 1 N–H and O–H groups in total. The Hall–Kier alpha value is -2.33. The molecule has 1 aliphatic carbocycles. The largest absolute Gasteiger partial charge is 0.465 e. The summed E-state index contributed by atoms with van der Waals surface area (Å²) in [6.45, 7) is 0. The summed E-state index contributed by atoms with van der Waals surface area (Å²) < 4.78 is 18.7. The Morgan fingerprint density at radius 1 is 1.32 bits per heavy atom. The molecule has 1 aliphatic heterocycles. The van der Waals surface area contributed by atoms with Gasteiger partial charge in [0.2, 0.25) is 0 Å². The lowest BCUT2D eigenvalue weighted by molar-refractivity contribution is 0.0598. The SMILES string of the molecule is COC(=O)c1ccc(Cl)c2c1[C@H]1C=CC[C@@H]1[C@@H](c1cccc(F)c1)N2. The molecule has 0 radical (unpaired) electrons. The third kappa shape index (κ3) is 2.61. The van der Waals surface area contributed by atoms with Crippen LogP contribution in [0.2, 0.25) is 5.02 Å². The fourth-order valence-electron chi connectivity index (χ4n) is 3.99. The van der Waals surface area contributed by atoms with Gasteiger partial charge in [-0.1, -0.05) is 35.9 Å². The number of fused-ring (bicyclic) bond motifs is 3. The topological polar surface area (TPSA) is 38.3 Å². The van der Waals surface area contributed by atoms with Crippen molar-refractivity contribution in [3.05, 3.63) is 76.1 Å². The van der Waals surface area contributed by atoms with Crippen molar-refractivity contribution in [3.63, 3.8) is 0 Å². The molecule has 3 nitrogen and oxygen atoms in total. The highest BCUT2D eigenvalue weighted by atomic mass is 35.5. The number of hydrogen-bond acceptors (Lipinski definition) is 3. The number of halogens is 2. The second-order valence-electron chi connectivity index (χ2n) is 6.41. The summed E-state index contributed by atoms with van der Waals surface area (Å²) in [5.74, 6) is -0.409. The number of allylic oxidation sites excluding steroid dienone is 2. The standard InChI is InChI=1S/C20H17ClFNO2/c1-25-20(24)15-8-9-16(21)19-17(15)13-6-3-7-14(13)18(23-19)11-4-2-5-12(22)10-11/h2-6,8-10,13-14,18,23H,7H2,1H3/t13-,14-,18+/m0/s1. The Bertz CT molecular complexity index is 880. The van der Waals surface area contributed by atoms with Crippen molar-refractivity contribution < 1.29 is 13.9 Å². The maximum atomic E-state index is 13.7. The van der Waals surface area contributed by atoms with E-state index >= 15 is 0 Å². The van der Waals surface area contributed by atoms with Crippen molar-refractivity contribution in [1.29, 1.82) is 0 Å². The van der Waals surface area contributed by atoms with E-state index in [4.69, 9.17) is 16.3 Å². The van der Waals surface area contributed by atoms with Crippen molar-refractivity contribution in [3.8, 4) is 0 Å². The monoisotopic (exact) mass is 357 g/mol. The van der Waals surface area contributed by atoms with E-state index in [0.29, 0.717) is 10.6 Å². The van der Waals surface area contributed by atoms with Crippen LogP contribution >= 0.6 is 11.6 Å². The summed E-state index contributed by atoms with van der Waals surface area (Å²) in [4.78, 5) is 12.2. The number of ether oxygens (including phenoxy) is 1. The van der Waals surface area contributed by atoms with E-state index < -0.39 is 0 Å². The average Bonchev–Trinajstić information content (AvgIpc) is 3.10. The number of carbonyl (C=O) groups excluding carboxylic acids is 1. The van der Waals surface area contributed by atoms with Gasteiger partial charge >= 0.3 is 5.97 Å². The van der Waals surface area contributed by atoms with Crippen LogP contribution in [-0.2, 0) is 4.74 Å². The number of nitrogens with one attached hydrogen (secondary N) is 1. The summed E-state index contributed by atoms with van der Waals surface area (Å²) >= 11 is 6.42. The molecule has 0 fully saturated rings. The van der Waals surface area contributed by atoms with Gasteiger partial charge in [0.05, 0.1) is 29.4 Å². The van der Waals surface area contributed by atoms with Crippen molar-refractivity contribution >= 4 is 23.3 Å². The maximum absolute atomic E-state index is 13.7. The molecule has 128 valence electrons. The number of methoxy groups -OCH3 is 1. The van der Waals surface area contributed by atoms with Crippen molar-refractivity contribution in [1.82, 2.24) is 0 Å². The van der Waals surface area contributed by atoms with E-state index in [1.807, 2.05) is 6.07 Å². The fraction of sp³-hybridized carbons (Fsp3) is 0.250. The van der Waals surface area contributed by atoms with E-state index in [2.05, 4.69) is 17.5 Å². The molecule has 0 amide bonds. The van der Waals surface area contributed by atoms with Gasteiger partial charge < -0.3 is 10.1 Å². The van der Waals surface area contributed by atoms with Crippen LogP contribution in [0.1, 0.15) is 39.9 Å². The number of anilines is 1. The first kappa shape index (κ1) is 16.2. The zero-order valence-electron chi connectivity index (χ0n) is 13.6. The quantitative estimate of drug-likeness (QED) is 0.600. The van der Waals surface area contributed by atoms with Gasteiger partial charge in [-0.25, -0.2) is 9.18 Å². The zero-order chi connectivity index (χ0) is 17.6. The first-order valence-electron chi connectivity index (χ1n) is 8.19. The first-order chi connectivity index (χ1) is 12.1. The Morgan fingerprint density at radius 3 is 2.92 bits per heavy atom. The smallest absolute Gasteiger partial charge is 0.338 e. The summed E-state index contributed by atoms with van der Waals surface area (Å²) in [6, 6.07) is 9.95. The molecule has 0 bridgehead atoms. The molecule has 25 heavy (non-hydrogen) atoms. The normalized spacial score (nSPS) is 23.6. The summed E-state index contributed by atoms with van der Waals surface area (Å²) in [5.41, 5.74) is 3.00. The van der Waals surface area contributed by atoms with Gasteiger partial charge in [-0.3, -0.25) is 0 Å². The summed E-state index contributed by atoms with van der Waals surface area (Å²) in [6.07, 6.45) is 5.07. The van der Waals surface area contributed by atoms with E-state index in [-0.39, 0.29) is 29.7 Å². The van der Waals surface area contributed by atoms with Gasteiger partial charge in [0.15, 0.2) is 0 Å². The van der Waals surface area contributed by atoms with Crippen LogP contribution in [0, 0.1) is 11.7 Å². The lowest BCUT2D eigenvalue weighted by atomic mass is 9.75. The van der Waals surface area contributed by atoms with Crippen molar-refractivity contribution in [2.45, 2.75) is 18.4 Å². The third-order valence-corrected chi connectivity index (χ3v) is 5.40. The summed E-state index contributed by atoms with van der Waals surface area (Å²) in [7, 11) is 1.37. The Balaban J connectivity index is 1.87. The van der Waals surface area contributed by atoms with Gasteiger partial charge in [-0.05, 0) is 47.7 Å². The van der Waals surface area contributed by atoms with Crippen LogP contribution < -0.4 is 5.32 Å². The predicted octanol–water partition coefficient (Wildman–Crippen LogP) is 5.09. The van der Waals surface area contributed by atoms with Crippen LogP contribution in [0.25, 0.3) is 0 Å². The second-order valence-corrected chi connectivity index (χ2v) is 6.81. The summed E-state index contributed by atoms with van der Waals surface area (Å²) in [5, 5.41) is 4.00. The number of benzene rings is 2. The van der Waals surface area contributed by atoms with Crippen LogP contribution in [0.15, 0.2) is 48.6 Å². The Morgan fingerprint density at radius 2 is 2.16 bits per heavy atom. The zero-order valence-corrected chi connectivity index (χ0v) is 14.4. The van der Waals surface area contributed by atoms with E-state index in [9.17, 15) is 9.18 Å². The minimum Gasteiger partial charge on any atom is -0.465 e. The molecule has 1 heterocycles. The molecule has 2 aromatic rings. The van der Waals surface area contributed by atoms with E-state index in [0.717, 1.165) is 23.2 Å². The van der Waals surface area contributed by atoms with Crippen molar-refractivity contribution in [2.24, 2.45) is 5.92 Å². The van der Waals surface area contributed by atoms with Crippen LogP contribution in [0.3, 0.4) is 0 Å². The number of hydrogen-bond donors (Lipinski definition) is 1. The lowest BCUT2D eigenvalue weighted by Crippen LogP contribution is -2.30. The molecule has 0 aromatic heterocycles. The molecule has 4 rings (SSSR count). The van der Waals surface area contributed by atoms with E-state index in [1.165, 1.54) is 13.2 Å². The molecule has 2 aliphatic rings. The van der Waals surface area contributed by atoms with Crippen LogP contribution in [0.4, 0.5) is 10.1 Å². The third-order valence-electron chi connectivity index (χ3n) is 5.08. The van der Waals surface area contributed by atoms with Gasteiger partial charge in [-0.15, -0.1) is 0 Å². The molecule has 0 unspecified atom stereocenters. The highest BCUT2D eigenvalue weighted by Crippen LogP contribution is 2.52. The van der Waals surface area contributed by atoms with Gasteiger partial charge in [-0.2, -0.15) is 0 Å². The highest BCUT2D eigenvalue weighted by Gasteiger charge is 2.41. The van der Waals surface area contributed by atoms with Crippen molar-refractivity contribution in [2.75, 3.05) is 12.4 Å². The molecular weight excluding hydrogens is 341 g/mol. The number of rotatable bonds is 2. The minimum absolute atomic E-state index is 0.0392. The van der Waals surface area contributed by atoms with Gasteiger partial charge in [0, 0.05) is 5.92 Å². The minimum atomic E-state index is -0.377. The molecular formula is C20H17ClFNO2. The molecule has 0 spiro atoms. The number of esters is 1. The highest BCUT2D eigenvalue weighted by molar-refractivity contribution is 6.33. The fourth-order valence-corrected chi connectivity index (χ4v) is 4.21. The molecule has 3 atom stereocenters. The predicted molar refractivity (Wildman–Crippen MR) is 95.5 cm³/mol. The van der Waals surface area contributed by atoms with Gasteiger partial charge in [0.1, 0.15) is 5.82 Å². The molecule has 0 saturated heterocycles. The molecule has 0 saturated carbocycles. The maximum Gasteiger partial charge on any atom is 0.338 e. The Labute approximate surface area is 150 Å². The Kier molecular flexibility index (Phi) is 4.00. The molecule has 2 aromatic carbocycles. The first-order valence-corrected chi connectivity index (χ1v) is 8.57. The number of carbonyl (C=O) groups is 1. The van der Waals surface area contributed by atoms with Crippen LogP contribution in [0.5, 0.6) is 0 Å². The lowest BCUT2D eigenvalue weighted by Gasteiger charge is -2.38.